The zero-order valence-electron chi connectivity index (χ0n) is 6.87. The summed E-state index contributed by atoms with van der Waals surface area (Å²) in [6.45, 7) is 4.17. The SMILES string of the molecule is C[Si](C)(CS)C[C@H](N)C(=O)O. The van der Waals surface area contributed by atoms with Crippen LogP contribution in [-0.2, 0) is 4.79 Å². The minimum Gasteiger partial charge on any atom is -0.480 e. The minimum atomic E-state index is -1.44. The Bertz CT molecular complexity index is 152. The highest BCUT2D eigenvalue weighted by Crippen LogP contribution is 2.12. The second kappa shape index (κ2) is 4.13. The fourth-order valence-corrected chi connectivity index (χ4v) is 2.63. The number of hydrogen-bond donors (Lipinski definition) is 3. The van der Waals surface area contributed by atoms with E-state index in [2.05, 4.69) is 25.7 Å². The van der Waals surface area contributed by atoms with Crippen molar-refractivity contribution in [3.8, 4) is 0 Å². The molecule has 0 aromatic rings. The van der Waals surface area contributed by atoms with Gasteiger partial charge in [0.15, 0.2) is 0 Å². The molecule has 0 aromatic heterocycles. The van der Waals surface area contributed by atoms with Gasteiger partial charge in [-0.05, 0) is 11.4 Å². The summed E-state index contributed by atoms with van der Waals surface area (Å²) in [6.07, 6.45) is 0. The molecule has 1 atom stereocenters. The van der Waals surface area contributed by atoms with Gasteiger partial charge in [-0.15, -0.1) is 0 Å². The normalized spacial score (nSPS) is 14.5. The first kappa shape index (κ1) is 11.0. The van der Waals surface area contributed by atoms with Crippen LogP contribution in [0.3, 0.4) is 0 Å². The summed E-state index contributed by atoms with van der Waals surface area (Å²) < 4.78 is 0. The third-order valence-corrected chi connectivity index (χ3v) is 6.49. The number of hydrogen-bond acceptors (Lipinski definition) is 3. The van der Waals surface area contributed by atoms with E-state index in [0.29, 0.717) is 6.04 Å². The molecule has 3 N–H and O–H groups in total. The molecule has 0 unspecified atom stereocenters. The molecule has 0 amide bonds. The number of rotatable bonds is 4. The van der Waals surface area contributed by atoms with Gasteiger partial charge in [0.1, 0.15) is 6.04 Å². The highest BCUT2D eigenvalue weighted by atomic mass is 32.1. The monoisotopic (exact) mass is 193 g/mol. The summed E-state index contributed by atoms with van der Waals surface area (Å²) in [5.74, 6) is -0.910. The van der Waals surface area contributed by atoms with Gasteiger partial charge in [-0.3, -0.25) is 4.79 Å². The van der Waals surface area contributed by atoms with Crippen LogP contribution in [0.4, 0.5) is 0 Å². The summed E-state index contributed by atoms with van der Waals surface area (Å²) in [5, 5.41) is 9.30. The third-order valence-electron chi connectivity index (χ3n) is 1.52. The average molecular weight is 193 g/mol. The molecule has 66 valence electrons. The quantitative estimate of drug-likeness (QED) is 0.452. The zero-order valence-corrected chi connectivity index (χ0v) is 8.77. The smallest absolute Gasteiger partial charge is 0.320 e. The lowest BCUT2D eigenvalue weighted by Gasteiger charge is -2.21. The molecule has 0 saturated carbocycles. The minimum absolute atomic E-state index is 0.603. The molecule has 0 fully saturated rings. The number of carbonyl (C=O) groups is 1. The molecule has 0 rings (SSSR count). The van der Waals surface area contributed by atoms with Crippen molar-refractivity contribution in [2.24, 2.45) is 5.73 Å². The molecule has 11 heavy (non-hydrogen) atoms. The Morgan fingerprint density at radius 3 is 2.45 bits per heavy atom. The van der Waals surface area contributed by atoms with Crippen LogP contribution in [0.25, 0.3) is 0 Å². The zero-order chi connectivity index (χ0) is 9.07. The molecule has 0 bridgehead atoms. The lowest BCUT2D eigenvalue weighted by atomic mass is 10.4. The Labute approximate surface area is 73.4 Å². The first-order valence-electron chi connectivity index (χ1n) is 3.48. The van der Waals surface area contributed by atoms with E-state index in [1.54, 1.807) is 0 Å². The van der Waals surface area contributed by atoms with Crippen molar-refractivity contribution < 1.29 is 9.90 Å². The highest BCUT2D eigenvalue weighted by Gasteiger charge is 2.25. The topological polar surface area (TPSA) is 63.3 Å². The number of carboxylic acids is 1. The fourth-order valence-electron chi connectivity index (χ4n) is 0.747. The van der Waals surface area contributed by atoms with E-state index >= 15 is 0 Å². The lowest BCUT2D eigenvalue weighted by molar-refractivity contribution is -0.138. The Morgan fingerprint density at radius 1 is 1.73 bits per heavy atom. The van der Waals surface area contributed by atoms with Crippen LogP contribution in [-0.4, -0.2) is 30.6 Å². The van der Waals surface area contributed by atoms with Crippen molar-refractivity contribution >= 4 is 26.7 Å². The van der Waals surface area contributed by atoms with Crippen LogP contribution in [0.5, 0.6) is 0 Å². The van der Waals surface area contributed by atoms with E-state index in [4.69, 9.17) is 10.8 Å². The van der Waals surface area contributed by atoms with Gasteiger partial charge in [-0.2, -0.15) is 12.6 Å². The van der Waals surface area contributed by atoms with E-state index in [9.17, 15) is 4.79 Å². The Kier molecular flexibility index (Phi) is 4.13. The first-order valence-corrected chi connectivity index (χ1v) is 7.53. The van der Waals surface area contributed by atoms with Crippen LogP contribution in [0.1, 0.15) is 0 Å². The second-order valence-electron chi connectivity index (χ2n) is 3.47. The lowest BCUT2D eigenvalue weighted by Crippen LogP contribution is -2.41. The first-order chi connectivity index (χ1) is 4.89. The van der Waals surface area contributed by atoms with Gasteiger partial charge >= 0.3 is 5.97 Å². The average Bonchev–Trinajstić information content (AvgIpc) is 1.87. The predicted molar refractivity (Wildman–Crippen MR) is 51.8 cm³/mol. The maximum atomic E-state index is 10.4. The van der Waals surface area contributed by atoms with Crippen molar-refractivity contribution in [2.45, 2.75) is 25.2 Å². The van der Waals surface area contributed by atoms with Gasteiger partial charge < -0.3 is 10.8 Å². The summed E-state index contributed by atoms with van der Waals surface area (Å²) in [4.78, 5) is 10.4. The van der Waals surface area contributed by atoms with Gasteiger partial charge in [0.25, 0.3) is 0 Å². The Hall–Kier alpha value is -0.00312. The van der Waals surface area contributed by atoms with Gasteiger partial charge in [0.2, 0.25) is 0 Å². The molecule has 3 nitrogen and oxygen atoms in total. The number of nitrogens with two attached hydrogens (primary N) is 1. The largest absolute Gasteiger partial charge is 0.480 e. The maximum Gasteiger partial charge on any atom is 0.320 e. The van der Waals surface area contributed by atoms with E-state index in [1.165, 1.54) is 0 Å². The van der Waals surface area contributed by atoms with Crippen molar-refractivity contribution in [1.29, 1.82) is 0 Å². The molecule has 0 aliphatic rings. The standard InChI is InChI=1S/C6H15NO2SSi/c1-11(2,4-10)3-5(7)6(8)9/h5,10H,3-4,7H2,1-2H3,(H,8,9)/t5-/m0/s1. The fraction of sp³-hybridized carbons (Fsp3) is 0.833. The molecule has 0 aromatic carbocycles. The van der Waals surface area contributed by atoms with Crippen molar-refractivity contribution in [2.75, 3.05) is 5.38 Å². The molecule has 0 saturated heterocycles. The Balaban J connectivity index is 3.93. The molecule has 0 spiro atoms. The molecular weight excluding hydrogens is 178 g/mol. The number of aliphatic carboxylic acids is 1. The van der Waals surface area contributed by atoms with Crippen LogP contribution in [0.2, 0.25) is 19.1 Å². The maximum absolute atomic E-state index is 10.4. The van der Waals surface area contributed by atoms with Crippen molar-refractivity contribution in [1.82, 2.24) is 0 Å². The van der Waals surface area contributed by atoms with Crippen molar-refractivity contribution in [3.05, 3.63) is 0 Å². The van der Waals surface area contributed by atoms with Gasteiger partial charge in [-0.25, -0.2) is 0 Å². The van der Waals surface area contributed by atoms with Crippen LogP contribution >= 0.6 is 12.6 Å². The summed E-state index contributed by atoms with van der Waals surface area (Å²) in [6, 6.07) is -0.102. The number of carboxylic acid groups (broad SMARTS) is 1. The van der Waals surface area contributed by atoms with E-state index in [1.807, 2.05) is 0 Å². The van der Waals surface area contributed by atoms with E-state index in [0.717, 1.165) is 5.38 Å². The van der Waals surface area contributed by atoms with Crippen molar-refractivity contribution in [3.63, 3.8) is 0 Å². The second-order valence-corrected chi connectivity index (χ2v) is 9.47. The summed E-state index contributed by atoms with van der Waals surface area (Å²) in [5.41, 5.74) is 5.38. The van der Waals surface area contributed by atoms with E-state index in [-0.39, 0.29) is 0 Å². The number of thiol groups is 1. The Morgan fingerprint density at radius 2 is 2.18 bits per heavy atom. The van der Waals surface area contributed by atoms with Gasteiger partial charge in [0.05, 0.1) is 8.07 Å². The van der Waals surface area contributed by atoms with Crippen LogP contribution in [0.15, 0.2) is 0 Å². The highest BCUT2D eigenvalue weighted by molar-refractivity contribution is 7.82. The van der Waals surface area contributed by atoms with Crippen LogP contribution in [0, 0.1) is 0 Å². The molecule has 0 aliphatic carbocycles. The molecular formula is C6H15NO2SSi. The van der Waals surface area contributed by atoms with Crippen LogP contribution < -0.4 is 5.73 Å². The third kappa shape index (κ3) is 4.44. The summed E-state index contributed by atoms with van der Waals surface area (Å²) in [7, 11) is -1.44. The molecule has 5 heteroatoms. The predicted octanol–water partition coefficient (Wildman–Crippen LogP) is 0.576. The van der Waals surface area contributed by atoms with Gasteiger partial charge in [0, 0.05) is 0 Å². The molecule has 0 heterocycles. The molecule has 0 radical (unpaired) electrons. The summed E-state index contributed by atoms with van der Waals surface area (Å²) >= 11 is 4.16. The van der Waals surface area contributed by atoms with Gasteiger partial charge in [-0.1, -0.05) is 13.1 Å². The molecule has 0 aliphatic heterocycles. The van der Waals surface area contributed by atoms with E-state index < -0.39 is 20.1 Å².